The number of fused-ring (bicyclic) bond motifs is 1. The first-order valence-electron chi connectivity index (χ1n) is 8.61. The molecule has 0 aliphatic heterocycles. The molecular formula is C21H18F3NO2. The van der Waals surface area contributed by atoms with E-state index < -0.39 is 23.4 Å². The third-order valence-corrected chi connectivity index (χ3v) is 4.35. The lowest BCUT2D eigenvalue weighted by Gasteiger charge is -2.13. The summed E-state index contributed by atoms with van der Waals surface area (Å²) in [6.07, 6.45) is 2.45. The maximum absolute atomic E-state index is 14.4. The fraction of sp³-hybridized carbons (Fsp3) is 0.238. The lowest BCUT2D eigenvalue weighted by Crippen LogP contribution is -2.03. The second-order valence-corrected chi connectivity index (χ2v) is 6.23. The summed E-state index contributed by atoms with van der Waals surface area (Å²) >= 11 is 0. The standard InChI is InChI=1S/C21H18F3NO2/c1-3-4-5-14-11-16(20-17(23)9-13(22)10-18(20)24)15-8-12(21(26)27-2)6-7-19(15)25-14/h6-11H,3-5H2,1-2H3. The Bertz CT molecular complexity index is 995. The van der Waals surface area contributed by atoms with Crippen molar-refractivity contribution in [2.75, 3.05) is 7.11 Å². The quantitative estimate of drug-likeness (QED) is 0.559. The van der Waals surface area contributed by atoms with Gasteiger partial charge in [0.25, 0.3) is 0 Å². The largest absolute Gasteiger partial charge is 0.465 e. The molecule has 1 aromatic heterocycles. The van der Waals surface area contributed by atoms with Gasteiger partial charge in [0.2, 0.25) is 0 Å². The van der Waals surface area contributed by atoms with Crippen molar-refractivity contribution in [2.24, 2.45) is 0 Å². The number of benzene rings is 2. The minimum absolute atomic E-state index is 0.229. The first-order valence-corrected chi connectivity index (χ1v) is 8.61. The zero-order chi connectivity index (χ0) is 19.6. The zero-order valence-electron chi connectivity index (χ0n) is 15.0. The van der Waals surface area contributed by atoms with Crippen molar-refractivity contribution in [3.05, 3.63) is 65.1 Å². The van der Waals surface area contributed by atoms with Crippen LogP contribution in [0.2, 0.25) is 0 Å². The first-order chi connectivity index (χ1) is 12.9. The summed E-state index contributed by atoms with van der Waals surface area (Å²) in [6.45, 7) is 2.03. The topological polar surface area (TPSA) is 39.2 Å². The van der Waals surface area contributed by atoms with Crippen molar-refractivity contribution in [1.29, 1.82) is 0 Å². The van der Waals surface area contributed by atoms with Gasteiger partial charge in [-0.15, -0.1) is 0 Å². The molecular weight excluding hydrogens is 355 g/mol. The van der Waals surface area contributed by atoms with Gasteiger partial charge in [0.05, 0.1) is 23.8 Å². The fourth-order valence-electron chi connectivity index (χ4n) is 3.02. The molecule has 0 aliphatic rings. The van der Waals surface area contributed by atoms with Crippen LogP contribution in [0.25, 0.3) is 22.0 Å². The van der Waals surface area contributed by atoms with Gasteiger partial charge in [-0.25, -0.2) is 18.0 Å². The van der Waals surface area contributed by atoms with Crippen molar-refractivity contribution >= 4 is 16.9 Å². The number of unbranched alkanes of at least 4 members (excludes halogenated alkanes) is 1. The molecule has 2 aromatic carbocycles. The van der Waals surface area contributed by atoms with Crippen molar-refractivity contribution in [3.8, 4) is 11.1 Å². The highest BCUT2D eigenvalue weighted by atomic mass is 19.1. The van der Waals surface area contributed by atoms with Crippen molar-refractivity contribution in [3.63, 3.8) is 0 Å². The van der Waals surface area contributed by atoms with Crippen LogP contribution < -0.4 is 0 Å². The van der Waals surface area contributed by atoms with E-state index in [0.717, 1.165) is 12.8 Å². The van der Waals surface area contributed by atoms with Crippen LogP contribution in [-0.4, -0.2) is 18.1 Å². The van der Waals surface area contributed by atoms with Crippen molar-refractivity contribution in [1.82, 2.24) is 4.98 Å². The molecule has 0 aliphatic carbocycles. The van der Waals surface area contributed by atoms with E-state index >= 15 is 0 Å². The first kappa shape index (κ1) is 18.9. The monoisotopic (exact) mass is 373 g/mol. The van der Waals surface area contributed by atoms with Gasteiger partial charge in [0.1, 0.15) is 17.5 Å². The summed E-state index contributed by atoms with van der Waals surface area (Å²) < 4.78 is 46.9. The molecule has 0 unspecified atom stereocenters. The number of nitrogens with zero attached hydrogens (tertiary/aromatic N) is 1. The van der Waals surface area contributed by atoms with Gasteiger partial charge in [-0.2, -0.15) is 0 Å². The summed E-state index contributed by atoms with van der Waals surface area (Å²) in [4.78, 5) is 16.4. The molecule has 3 nitrogen and oxygen atoms in total. The molecule has 0 amide bonds. The maximum atomic E-state index is 14.4. The number of carbonyl (C=O) groups excluding carboxylic acids is 1. The van der Waals surface area contributed by atoms with Crippen LogP contribution >= 0.6 is 0 Å². The lowest BCUT2D eigenvalue weighted by atomic mass is 9.96. The second-order valence-electron chi connectivity index (χ2n) is 6.23. The fourth-order valence-corrected chi connectivity index (χ4v) is 3.02. The Labute approximate surface area is 154 Å². The van der Waals surface area contributed by atoms with E-state index in [1.165, 1.54) is 13.2 Å². The van der Waals surface area contributed by atoms with Gasteiger partial charge in [-0.1, -0.05) is 13.3 Å². The highest BCUT2D eigenvalue weighted by Gasteiger charge is 2.19. The molecule has 6 heteroatoms. The van der Waals surface area contributed by atoms with Gasteiger partial charge < -0.3 is 4.74 Å². The number of carbonyl (C=O) groups is 1. The van der Waals surface area contributed by atoms with Crippen LogP contribution in [0.4, 0.5) is 13.2 Å². The minimum Gasteiger partial charge on any atom is -0.465 e. The number of rotatable bonds is 5. The van der Waals surface area contributed by atoms with E-state index in [-0.39, 0.29) is 16.7 Å². The normalized spacial score (nSPS) is 11.0. The number of hydrogen-bond donors (Lipinski definition) is 0. The van der Waals surface area contributed by atoms with E-state index in [1.807, 2.05) is 6.92 Å². The van der Waals surface area contributed by atoms with Crippen LogP contribution in [-0.2, 0) is 11.2 Å². The SMILES string of the molecule is CCCCc1cc(-c2c(F)cc(F)cc2F)c2cc(C(=O)OC)ccc2n1. The Morgan fingerprint density at radius 1 is 1.07 bits per heavy atom. The molecule has 0 saturated carbocycles. The highest BCUT2D eigenvalue weighted by Crippen LogP contribution is 2.34. The molecule has 140 valence electrons. The number of pyridine rings is 1. The molecule has 1 heterocycles. The number of methoxy groups -OCH3 is 1. The van der Waals surface area contributed by atoms with Crippen molar-refractivity contribution in [2.45, 2.75) is 26.2 Å². The number of halogens is 3. The molecule has 0 saturated heterocycles. The number of aryl methyl sites for hydroxylation is 1. The lowest BCUT2D eigenvalue weighted by molar-refractivity contribution is 0.0601. The number of aromatic nitrogens is 1. The Morgan fingerprint density at radius 2 is 1.78 bits per heavy atom. The Morgan fingerprint density at radius 3 is 2.41 bits per heavy atom. The summed E-state index contributed by atoms with van der Waals surface area (Å²) in [7, 11) is 1.25. The number of hydrogen-bond acceptors (Lipinski definition) is 3. The van der Waals surface area contributed by atoms with E-state index in [4.69, 9.17) is 4.74 Å². The Balaban J connectivity index is 2.31. The van der Waals surface area contributed by atoms with E-state index in [9.17, 15) is 18.0 Å². The zero-order valence-corrected chi connectivity index (χ0v) is 15.0. The average molecular weight is 373 g/mol. The molecule has 0 spiro atoms. The summed E-state index contributed by atoms with van der Waals surface area (Å²) in [6, 6.07) is 7.51. The van der Waals surface area contributed by atoms with Gasteiger partial charge in [-0.05, 0) is 42.7 Å². The molecule has 0 N–H and O–H groups in total. The Kier molecular flexibility index (Phi) is 5.44. The minimum atomic E-state index is -1.01. The summed E-state index contributed by atoms with van der Waals surface area (Å²) in [5.74, 6) is -3.58. The number of esters is 1. The Hall–Kier alpha value is -2.89. The smallest absolute Gasteiger partial charge is 0.337 e. The van der Waals surface area contributed by atoms with Crippen molar-refractivity contribution < 1.29 is 22.7 Å². The van der Waals surface area contributed by atoms with Gasteiger partial charge in [0, 0.05) is 23.2 Å². The van der Waals surface area contributed by atoms with Crippen LogP contribution in [0, 0.1) is 17.5 Å². The second kappa shape index (κ2) is 7.78. The van der Waals surface area contributed by atoms with Crippen LogP contribution in [0.15, 0.2) is 36.4 Å². The summed E-state index contributed by atoms with van der Waals surface area (Å²) in [5, 5.41) is 0.391. The molecule has 27 heavy (non-hydrogen) atoms. The van der Waals surface area contributed by atoms with Gasteiger partial charge >= 0.3 is 5.97 Å². The summed E-state index contributed by atoms with van der Waals surface area (Å²) in [5.41, 5.74) is 1.29. The van der Waals surface area contributed by atoms with E-state index in [0.29, 0.717) is 35.2 Å². The molecule has 0 bridgehead atoms. The predicted octanol–water partition coefficient (Wildman–Crippen LogP) is 5.45. The highest BCUT2D eigenvalue weighted by molar-refractivity contribution is 6.00. The average Bonchev–Trinajstić information content (AvgIpc) is 2.64. The third-order valence-electron chi connectivity index (χ3n) is 4.35. The predicted molar refractivity (Wildman–Crippen MR) is 97.0 cm³/mol. The van der Waals surface area contributed by atoms with E-state index in [1.54, 1.807) is 18.2 Å². The van der Waals surface area contributed by atoms with E-state index in [2.05, 4.69) is 4.98 Å². The van der Waals surface area contributed by atoms with Crippen LogP contribution in [0.3, 0.4) is 0 Å². The van der Waals surface area contributed by atoms with Crippen LogP contribution in [0.1, 0.15) is 35.8 Å². The molecule has 3 rings (SSSR count). The maximum Gasteiger partial charge on any atom is 0.337 e. The van der Waals surface area contributed by atoms with Gasteiger partial charge in [-0.3, -0.25) is 4.98 Å². The molecule has 0 fully saturated rings. The third kappa shape index (κ3) is 3.79. The number of ether oxygens (including phenoxy) is 1. The molecule has 0 radical (unpaired) electrons. The van der Waals surface area contributed by atoms with Crippen LogP contribution in [0.5, 0.6) is 0 Å². The molecule has 3 aromatic rings. The van der Waals surface area contributed by atoms with Gasteiger partial charge in [0.15, 0.2) is 0 Å². The molecule has 0 atom stereocenters.